The highest BCUT2D eigenvalue weighted by molar-refractivity contribution is 5.70. The van der Waals surface area contributed by atoms with Gasteiger partial charge in [-0.25, -0.2) is 0 Å². The molecule has 0 aromatic rings. The number of unbranched alkanes of at least 4 members (excludes halogenated alkanes) is 1. The summed E-state index contributed by atoms with van der Waals surface area (Å²) in [4.78, 5) is 10.6. The van der Waals surface area contributed by atoms with Crippen molar-refractivity contribution < 1.29 is 9.90 Å². The molecule has 1 aliphatic heterocycles. The Morgan fingerprint density at radius 2 is 2.31 bits per heavy atom. The van der Waals surface area contributed by atoms with Gasteiger partial charge in [-0.05, 0) is 19.3 Å². The molecule has 0 saturated carbocycles. The molecule has 1 rings (SSSR count). The first-order valence-corrected chi connectivity index (χ1v) is 5.20. The lowest BCUT2D eigenvalue weighted by Gasteiger charge is -2.27. The molecule has 0 spiro atoms. The summed E-state index contributed by atoms with van der Waals surface area (Å²) in [6.45, 7) is 2.84. The molecule has 0 unspecified atom stereocenters. The van der Waals surface area contributed by atoms with Gasteiger partial charge in [0.05, 0.1) is 5.92 Å². The molecule has 0 amide bonds. The van der Waals surface area contributed by atoms with Crippen LogP contribution in [-0.4, -0.2) is 23.7 Å². The van der Waals surface area contributed by atoms with Crippen molar-refractivity contribution in [2.75, 3.05) is 6.54 Å². The normalized spacial score (nSPS) is 28.7. The topological polar surface area (TPSA) is 49.3 Å². The maximum atomic E-state index is 10.6. The van der Waals surface area contributed by atoms with Crippen molar-refractivity contribution in [3.8, 4) is 0 Å². The molecular formula is C10H19NO2. The van der Waals surface area contributed by atoms with Crippen molar-refractivity contribution in [1.29, 1.82) is 0 Å². The summed E-state index contributed by atoms with van der Waals surface area (Å²) in [5.41, 5.74) is 0. The van der Waals surface area contributed by atoms with Crippen molar-refractivity contribution >= 4 is 5.97 Å². The molecule has 3 nitrogen and oxygen atoms in total. The maximum absolute atomic E-state index is 10.6. The first-order valence-electron chi connectivity index (χ1n) is 5.20. The second-order valence-electron chi connectivity index (χ2n) is 3.86. The summed E-state index contributed by atoms with van der Waals surface area (Å²) in [6, 6.07) is 0.565. The van der Waals surface area contributed by atoms with E-state index in [1.807, 2.05) is 0 Å². The fraction of sp³-hybridized carbons (Fsp3) is 0.900. The standard InChI is InChI=1S/C10H19NO2/c1-2-3-4-9-6-5-8(7-11-9)10(12)13/h8-9,11H,2-7H2,1H3,(H,12,13)/t8-,9+/m0/s1. The highest BCUT2D eigenvalue weighted by atomic mass is 16.4. The molecule has 0 aromatic heterocycles. The second kappa shape index (κ2) is 5.22. The Labute approximate surface area is 79.5 Å². The Kier molecular flexibility index (Phi) is 4.22. The molecule has 2 atom stereocenters. The van der Waals surface area contributed by atoms with Gasteiger partial charge in [0.15, 0.2) is 0 Å². The van der Waals surface area contributed by atoms with E-state index in [0.29, 0.717) is 12.6 Å². The van der Waals surface area contributed by atoms with Gasteiger partial charge in [-0.1, -0.05) is 19.8 Å². The molecule has 1 heterocycles. The van der Waals surface area contributed by atoms with Gasteiger partial charge >= 0.3 is 5.97 Å². The summed E-state index contributed by atoms with van der Waals surface area (Å²) in [5, 5.41) is 12.1. The number of piperidine rings is 1. The third-order valence-electron chi connectivity index (χ3n) is 2.77. The molecule has 1 aliphatic rings. The highest BCUT2D eigenvalue weighted by Gasteiger charge is 2.24. The Hall–Kier alpha value is -0.570. The zero-order valence-corrected chi connectivity index (χ0v) is 8.25. The first-order chi connectivity index (χ1) is 6.24. The minimum Gasteiger partial charge on any atom is -0.481 e. The van der Waals surface area contributed by atoms with Crippen LogP contribution in [-0.2, 0) is 4.79 Å². The summed E-state index contributed by atoms with van der Waals surface area (Å²) >= 11 is 0. The van der Waals surface area contributed by atoms with E-state index in [1.54, 1.807) is 0 Å². The third-order valence-corrected chi connectivity index (χ3v) is 2.77. The van der Waals surface area contributed by atoms with Crippen LogP contribution >= 0.6 is 0 Å². The van der Waals surface area contributed by atoms with Crippen LogP contribution in [0.3, 0.4) is 0 Å². The van der Waals surface area contributed by atoms with E-state index in [9.17, 15) is 4.79 Å². The lowest BCUT2D eigenvalue weighted by molar-refractivity contribution is -0.142. The van der Waals surface area contributed by atoms with E-state index in [2.05, 4.69) is 12.2 Å². The van der Waals surface area contributed by atoms with Crippen molar-refractivity contribution in [3.63, 3.8) is 0 Å². The lowest BCUT2D eigenvalue weighted by Crippen LogP contribution is -2.41. The molecule has 0 bridgehead atoms. The van der Waals surface area contributed by atoms with Crippen molar-refractivity contribution in [2.45, 2.75) is 45.1 Å². The van der Waals surface area contributed by atoms with Crippen molar-refractivity contribution in [3.05, 3.63) is 0 Å². The van der Waals surface area contributed by atoms with Gasteiger partial charge in [-0.2, -0.15) is 0 Å². The molecular weight excluding hydrogens is 166 g/mol. The summed E-state index contributed by atoms with van der Waals surface area (Å²) in [5.74, 6) is -0.806. The van der Waals surface area contributed by atoms with Crippen LogP contribution in [0.15, 0.2) is 0 Å². The largest absolute Gasteiger partial charge is 0.481 e. The van der Waals surface area contributed by atoms with Crippen LogP contribution < -0.4 is 5.32 Å². The van der Waals surface area contributed by atoms with Crippen LogP contribution in [0.5, 0.6) is 0 Å². The van der Waals surface area contributed by atoms with Crippen LogP contribution in [0.4, 0.5) is 0 Å². The fourth-order valence-electron chi connectivity index (χ4n) is 1.82. The van der Waals surface area contributed by atoms with E-state index >= 15 is 0 Å². The Balaban J connectivity index is 2.18. The van der Waals surface area contributed by atoms with E-state index in [0.717, 1.165) is 12.8 Å². The van der Waals surface area contributed by atoms with Crippen LogP contribution in [0.25, 0.3) is 0 Å². The Morgan fingerprint density at radius 1 is 1.54 bits per heavy atom. The summed E-state index contributed by atoms with van der Waals surface area (Å²) in [7, 11) is 0. The summed E-state index contributed by atoms with van der Waals surface area (Å²) in [6.07, 6.45) is 5.53. The second-order valence-corrected chi connectivity index (χ2v) is 3.86. The predicted octanol–water partition coefficient (Wildman–Crippen LogP) is 1.63. The zero-order chi connectivity index (χ0) is 9.68. The van der Waals surface area contributed by atoms with Crippen LogP contribution in [0, 0.1) is 5.92 Å². The van der Waals surface area contributed by atoms with Crippen molar-refractivity contribution in [1.82, 2.24) is 5.32 Å². The quantitative estimate of drug-likeness (QED) is 0.700. The average molecular weight is 185 g/mol. The average Bonchev–Trinajstić information content (AvgIpc) is 2.15. The number of carboxylic acid groups (broad SMARTS) is 1. The Morgan fingerprint density at radius 3 is 2.77 bits per heavy atom. The van der Waals surface area contributed by atoms with E-state index in [-0.39, 0.29) is 5.92 Å². The number of aliphatic carboxylic acids is 1. The number of nitrogens with one attached hydrogen (secondary N) is 1. The number of carboxylic acids is 1. The predicted molar refractivity (Wildman–Crippen MR) is 51.7 cm³/mol. The van der Waals surface area contributed by atoms with Gasteiger partial charge in [-0.3, -0.25) is 4.79 Å². The molecule has 1 fully saturated rings. The molecule has 0 aliphatic carbocycles. The monoisotopic (exact) mass is 185 g/mol. The van der Waals surface area contributed by atoms with Crippen LogP contribution in [0.2, 0.25) is 0 Å². The zero-order valence-electron chi connectivity index (χ0n) is 8.25. The van der Waals surface area contributed by atoms with Gasteiger partial charge in [0.1, 0.15) is 0 Å². The van der Waals surface area contributed by atoms with Gasteiger partial charge in [0.2, 0.25) is 0 Å². The van der Waals surface area contributed by atoms with Gasteiger partial charge in [-0.15, -0.1) is 0 Å². The highest BCUT2D eigenvalue weighted by Crippen LogP contribution is 2.17. The molecule has 3 heteroatoms. The van der Waals surface area contributed by atoms with Gasteiger partial charge < -0.3 is 10.4 Å². The molecule has 0 radical (unpaired) electrons. The summed E-state index contributed by atoms with van der Waals surface area (Å²) < 4.78 is 0. The fourth-order valence-corrected chi connectivity index (χ4v) is 1.82. The molecule has 0 aromatic carbocycles. The van der Waals surface area contributed by atoms with Gasteiger partial charge in [0.25, 0.3) is 0 Å². The molecule has 13 heavy (non-hydrogen) atoms. The number of hydrogen-bond acceptors (Lipinski definition) is 2. The number of rotatable bonds is 4. The molecule has 1 saturated heterocycles. The third kappa shape index (κ3) is 3.35. The minimum absolute atomic E-state index is 0.155. The molecule has 2 N–H and O–H groups in total. The smallest absolute Gasteiger partial charge is 0.307 e. The van der Waals surface area contributed by atoms with Crippen LogP contribution in [0.1, 0.15) is 39.0 Å². The number of hydrogen-bond donors (Lipinski definition) is 2. The first kappa shape index (κ1) is 10.5. The van der Waals surface area contributed by atoms with E-state index in [4.69, 9.17) is 5.11 Å². The molecule has 76 valence electrons. The van der Waals surface area contributed by atoms with Crippen molar-refractivity contribution in [2.24, 2.45) is 5.92 Å². The minimum atomic E-state index is -0.651. The van der Waals surface area contributed by atoms with Gasteiger partial charge in [0, 0.05) is 12.6 Å². The Bertz CT molecular complexity index is 162. The SMILES string of the molecule is CCCC[C@@H]1CC[C@H](C(=O)O)CN1. The lowest BCUT2D eigenvalue weighted by atomic mass is 9.92. The number of carbonyl (C=O) groups is 1. The van der Waals surface area contributed by atoms with E-state index in [1.165, 1.54) is 19.3 Å². The maximum Gasteiger partial charge on any atom is 0.307 e. The van der Waals surface area contributed by atoms with E-state index < -0.39 is 5.97 Å².